The minimum Gasteiger partial charge on any atom is -1.00 e. The number of amides is 3. The van der Waals surface area contributed by atoms with Crippen molar-refractivity contribution in [1.29, 1.82) is 0 Å². The minimum atomic E-state index is -0.697. The average molecular weight is 553 g/mol. The third kappa shape index (κ3) is 13.1. The lowest BCUT2D eigenvalue weighted by Crippen LogP contribution is -3.00. The summed E-state index contributed by atoms with van der Waals surface area (Å²) in [5.74, 6) is 0.564. The van der Waals surface area contributed by atoms with Gasteiger partial charge in [0.05, 0.1) is 0 Å². The Bertz CT molecular complexity index is 1090. The molecule has 2 aromatic rings. The lowest BCUT2D eigenvalue weighted by Gasteiger charge is -2.21. The van der Waals surface area contributed by atoms with Crippen LogP contribution in [-0.2, 0) is 27.4 Å². The number of hydrogen-bond acceptors (Lipinski definition) is 8. The number of hydrogen-bond donors (Lipinski definition) is 6. The van der Waals surface area contributed by atoms with Crippen molar-refractivity contribution >= 4 is 29.5 Å². The molecule has 0 aliphatic carbocycles. The van der Waals surface area contributed by atoms with Crippen LogP contribution >= 0.6 is 0 Å². The number of nitrogen functional groups attached to an aromatic ring is 2. The van der Waals surface area contributed by atoms with Gasteiger partial charge in [-0.05, 0) is 71.7 Å². The minimum absolute atomic E-state index is 0. The summed E-state index contributed by atoms with van der Waals surface area (Å²) in [6.07, 6.45) is -0.625. The summed E-state index contributed by atoms with van der Waals surface area (Å²) < 4.78 is 5.10. The number of pyridine rings is 2. The normalized spacial score (nSPS) is 12.0. The number of rotatable bonds is 7. The van der Waals surface area contributed by atoms with Crippen molar-refractivity contribution in [3.63, 3.8) is 0 Å². The van der Waals surface area contributed by atoms with Crippen molar-refractivity contribution in [2.45, 2.75) is 79.2 Å². The molecule has 212 valence electrons. The molecule has 13 heteroatoms. The number of nitrogens with two attached hydrogens (primary N) is 2. The van der Waals surface area contributed by atoms with Crippen LogP contribution in [0.3, 0.4) is 0 Å². The number of carbonyl (C=O) groups excluding carboxylic acids is 3. The van der Waals surface area contributed by atoms with Crippen LogP contribution in [0.5, 0.6) is 0 Å². The highest BCUT2D eigenvalue weighted by atomic mass is 35.5. The molecule has 3 amide bonds. The number of alkyl carbamates (subject to hydrolysis) is 1. The molecule has 10 N–H and O–H groups in total. The van der Waals surface area contributed by atoms with Crippen molar-refractivity contribution in [3.8, 4) is 0 Å². The fraction of sp³-hybridized carbons (Fsp3) is 0.480. The third-order valence-corrected chi connectivity index (χ3v) is 4.91. The van der Waals surface area contributed by atoms with E-state index in [-0.39, 0.29) is 30.3 Å². The fourth-order valence-electron chi connectivity index (χ4n) is 2.83. The Labute approximate surface area is 230 Å². The summed E-state index contributed by atoms with van der Waals surface area (Å²) in [4.78, 5) is 43.1. The smallest absolute Gasteiger partial charge is 0.408 e. The zero-order chi connectivity index (χ0) is 28.3. The van der Waals surface area contributed by atoms with E-state index >= 15 is 0 Å². The first-order chi connectivity index (χ1) is 17.1. The van der Waals surface area contributed by atoms with Crippen molar-refractivity contribution in [2.75, 3.05) is 11.5 Å². The molecule has 0 aromatic carbocycles. The first-order valence-electron chi connectivity index (χ1n) is 11.9. The molecule has 2 rings (SSSR count). The van der Waals surface area contributed by atoms with E-state index in [2.05, 4.69) is 31.7 Å². The topological polar surface area (TPSA) is 202 Å². The van der Waals surface area contributed by atoms with Crippen molar-refractivity contribution in [2.24, 2.45) is 0 Å². The molecule has 0 unspecified atom stereocenters. The van der Waals surface area contributed by atoms with Gasteiger partial charge >= 0.3 is 6.09 Å². The van der Waals surface area contributed by atoms with Gasteiger partial charge in [-0.1, -0.05) is 12.1 Å². The number of halogens is 1. The number of anilines is 2. The van der Waals surface area contributed by atoms with Gasteiger partial charge in [0, 0.05) is 24.5 Å². The molecule has 0 spiro atoms. The highest BCUT2D eigenvalue weighted by Crippen LogP contribution is 2.09. The summed E-state index contributed by atoms with van der Waals surface area (Å²) in [6, 6.07) is 6.14. The molecule has 0 aliphatic rings. The molecule has 12 nitrogen and oxygen atoms in total. The SMILES string of the molecule is Cc1nc(N)ccc1CNC(=O)[C@H](C)NC(=O)OC(C)(C)C.Cc1nc(N)ccc1CNC(=O)[C@H](C)[NH3+].[Cl-]. The zero-order valence-corrected chi connectivity index (χ0v) is 23.9. The molecule has 0 saturated heterocycles. The van der Waals surface area contributed by atoms with E-state index in [1.807, 2.05) is 26.0 Å². The highest BCUT2D eigenvalue weighted by Gasteiger charge is 2.21. The number of aryl methyl sites for hydroxylation is 2. The van der Waals surface area contributed by atoms with Crippen LogP contribution in [0.1, 0.15) is 57.1 Å². The van der Waals surface area contributed by atoms with Crippen LogP contribution in [0.4, 0.5) is 16.4 Å². The second-order valence-corrected chi connectivity index (χ2v) is 9.67. The standard InChI is InChI=1S/C15H24N4O3.C10H16N4O.ClH/c1-9-11(6-7-12(16)18-9)8-17-13(20)10(2)19-14(21)22-15(3,4)5;1-6(11)10(15)13-5-8-3-4-9(12)14-7(8)2;/h6-7,10H,8H2,1-5H3,(H2,16,18)(H,17,20)(H,19,21);3-4,6H,5,11H2,1-2H3,(H2,12,14)(H,13,15);1H/t10-;6-;/m00./s1. The zero-order valence-electron chi connectivity index (χ0n) is 23.1. The Kier molecular flexibility index (Phi) is 14.1. The van der Waals surface area contributed by atoms with Crippen LogP contribution in [0.2, 0.25) is 0 Å². The lowest BCUT2D eigenvalue weighted by molar-refractivity contribution is -0.398. The predicted molar refractivity (Wildman–Crippen MR) is 142 cm³/mol. The quantitative estimate of drug-likeness (QED) is 0.220. The van der Waals surface area contributed by atoms with E-state index in [0.29, 0.717) is 24.7 Å². The monoisotopic (exact) mass is 552 g/mol. The van der Waals surface area contributed by atoms with Gasteiger partial charge in [-0.15, -0.1) is 0 Å². The van der Waals surface area contributed by atoms with E-state index < -0.39 is 17.7 Å². The number of carbonyl (C=O) groups is 3. The summed E-state index contributed by atoms with van der Waals surface area (Å²) in [6.45, 7) is 13.1. The Balaban J connectivity index is 0.000000750. The first kappa shape index (κ1) is 34.4. The molecule has 0 fully saturated rings. The summed E-state index contributed by atoms with van der Waals surface area (Å²) in [5, 5.41) is 8.00. The summed E-state index contributed by atoms with van der Waals surface area (Å²) in [5.41, 5.74) is 17.6. The molecule has 2 aromatic heterocycles. The van der Waals surface area contributed by atoms with Gasteiger partial charge in [-0.2, -0.15) is 0 Å². The van der Waals surface area contributed by atoms with Crippen molar-refractivity contribution in [3.05, 3.63) is 46.8 Å². The maximum atomic E-state index is 12.0. The fourth-order valence-corrected chi connectivity index (χ4v) is 2.83. The second kappa shape index (κ2) is 15.6. The molecule has 0 aliphatic heterocycles. The van der Waals surface area contributed by atoms with Gasteiger partial charge in [0.25, 0.3) is 5.91 Å². The van der Waals surface area contributed by atoms with Gasteiger partial charge in [-0.25, -0.2) is 14.8 Å². The molecule has 0 bridgehead atoms. The number of quaternary nitrogens is 1. The van der Waals surface area contributed by atoms with E-state index in [9.17, 15) is 14.4 Å². The second-order valence-electron chi connectivity index (χ2n) is 9.67. The Morgan fingerprint density at radius 3 is 1.68 bits per heavy atom. The molecule has 38 heavy (non-hydrogen) atoms. The van der Waals surface area contributed by atoms with E-state index in [0.717, 1.165) is 22.5 Å². The summed E-state index contributed by atoms with van der Waals surface area (Å²) in [7, 11) is 0. The van der Waals surface area contributed by atoms with Gasteiger partial charge in [0.1, 0.15) is 23.3 Å². The Morgan fingerprint density at radius 1 is 0.895 bits per heavy atom. The Hall–Kier alpha value is -3.64. The molecule has 2 atom stereocenters. The van der Waals surface area contributed by atoms with E-state index in [1.165, 1.54) is 0 Å². The lowest BCUT2D eigenvalue weighted by atomic mass is 10.2. The van der Waals surface area contributed by atoms with E-state index in [1.54, 1.807) is 46.8 Å². The maximum Gasteiger partial charge on any atom is 0.408 e. The van der Waals surface area contributed by atoms with Crippen LogP contribution in [-0.4, -0.2) is 45.6 Å². The number of nitrogens with one attached hydrogen (secondary N) is 3. The number of aromatic nitrogens is 2. The van der Waals surface area contributed by atoms with Gasteiger partial charge < -0.3 is 50.3 Å². The van der Waals surface area contributed by atoms with Crippen LogP contribution in [0.25, 0.3) is 0 Å². The van der Waals surface area contributed by atoms with Crippen LogP contribution in [0.15, 0.2) is 24.3 Å². The van der Waals surface area contributed by atoms with Crippen LogP contribution < -0.4 is 45.6 Å². The molecular weight excluding hydrogens is 512 g/mol. The van der Waals surface area contributed by atoms with E-state index in [4.69, 9.17) is 16.2 Å². The average Bonchev–Trinajstić information content (AvgIpc) is 2.76. The van der Waals surface area contributed by atoms with Gasteiger partial charge in [0.2, 0.25) is 5.91 Å². The Morgan fingerprint density at radius 2 is 1.32 bits per heavy atom. The predicted octanol–water partition coefficient (Wildman–Crippen LogP) is -2.28. The molecule has 2 heterocycles. The largest absolute Gasteiger partial charge is 1.00 e. The highest BCUT2D eigenvalue weighted by molar-refractivity contribution is 5.85. The third-order valence-electron chi connectivity index (χ3n) is 4.91. The summed E-state index contributed by atoms with van der Waals surface area (Å²) >= 11 is 0. The molecule has 0 saturated carbocycles. The van der Waals surface area contributed by atoms with Crippen molar-refractivity contribution in [1.82, 2.24) is 25.9 Å². The molecular formula is C25H41ClN8O4. The first-order valence-corrected chi connectivity index (χ1v) is 11.9. The van der Waals surface area contributed by atoms with Gasteiger partial charge in [0.15, 0.2) is 6.04 Å². The number of ether oxygens (including phenoxy) is 1. The van der Waals surface area contributed by atoms with Crippen molar-refractivity contribution < 1.29 is 37.3 Å². The van der Waals surface area contributed by atoms with Gasteiger partial charge in [-0.3, -0.25) is 9.59 Å². The van der Waals surface area contributed by atoms with Crippen LogP contribution in [0, 0.1) is 13.8 Å². The number of nitrogens with zero attached hydrogens (tertiary/aromatic N) is 2. The maximum absolute atomic E-state index is 12.0. The molecule has 0 radical (unpaired) electrons.